The van der Waals surface area contributed by atoms with E-state index in [4.69, 9.17) is 0 Å². The van der Waals surface area contributed by atoms with Gasteiger partial charge in [-0.15, -0.1) is 0 Å². The molecule has 0 spiro atoms. The fraction of sp³-hybridized carbons (Fsp3) is 0.318. The number of hydrogen-bond acceptors (Lipinski definition) is 3. The van der Waals surface area contributed by atoms with Gasteiger partial charge in [-0.2, -0.15) is 0 Å². The Labute approximate surface area is 158 Å². The normalized spacial score (nSPS) is 15.1. The number of carbonyl (C=O) groups is 1. The molecule has 5 nitrogen and oxygen atoms in total. The van der Waals surface area contributed by atoms with E-state index in [1.54, 1.807) is 21.3 Å². The Morgan fingerprint density at radius 2 is 1.59 bits per heavy atom. The Morgan fingerprint density at radius 1 is 0.926 bits per heavy atom. The summed E-state index contributed by atoms with van der Waals surface area (Å²) in [6, 6.07) is 16.4. The lowest BCUT2D eigenvalue weighted by molar-refractivity contribution is -0.830. The lowest BCUT2D eigenvalue weighted by atomic mass is 9.95. The van der Waals surface area contributed by atoms with Crippen LogP contribution in [0.3, 0.4) is 0 Å². The van der Waals surface area contributed by atoms with Crippen molar-refractivity contribution in [1.29, 1.82) is 0 Å². The van der Waals surface area contributed by atoms with Gasteiger partial charge in [0.25, 0.3) is 0 Å². The SMILES string of the molecule is O=C(C[n+]1c(O)[n+](C2CCCCC2)c(O)c2ccccc21)c1ccccc1. The highest BCUT2D eigenvalue weighted by molar-refractivity contribution is 5.95. The Bertz CT molecular complexity index is 980. The summed E-state index contributed by atoms with van der Waals surface area (Å²) in [7, 11) is 0. The lowest BCUT2D eigenvalue weighted by Crippen LogP contribution is -2.52. The second-order valence-corrected chi connectivity index (χ2v) is 7.18. The number of aromatic nitrogens is 2. The zero-order valence-corrected chi connectivity index (χ0v) is 15.2. The minimum absolute atomic E-state index is 0.0172. The average molecular weight is 364 g/mol. The first-order chi connectivity index (χ1) is 13.2. The maximum absolute atomic E-state index is 12.8. The van der Waals surface area contributed by atoms with E-state index in [1.165, 1.54) is 6.42 Å². The smallest absolute Gasteiger partial charge is 0.459 e. The van der Waals surface area contributed by atoms with Gasteiger partial charge in [-0.25, -0.2) is 0 Å². The molecule has 3 aromatic rings. The predicted molar refractivity (Wildman–Crippen MR) is 101 cm³/mol. The van der Waals surface area contributed by atoms with Gasteiger partial charge in [0.05, 0.1) is 0 Å². The number of rotatable bonds is 4. The number of benzene rings is 2. The quantitative estimate of drug-likeness (QED) is 0.552. The monoisotopic (exact) mass is 364 g/mol. The van der Waals surface area contributed by atoms with Crippen molar-refractivity contribution in [2.45, 2.75) is 44.7 Å². The zero-order chi connectivity index (χ0) is 18.8. The minimum Gasteiger partial charge on any atom is -0.459 e. The van der Waals surface area contributed by atoms with E-state index >= 15 is 0 Å². The van der Waals surface area contributed by atoms with Crippen molar-refractivity contribution >= 4 is 16.7 Å². The number of Topliss-reactive ketones (excluding diaryl/α,β-unsaturated/α-hetero) is 1. The van der Waals surface area contributed by atoms with Crippen molar-refractivity contribution in [2.75, 3.05) is 0 Å². The zero-order valence-electron chi connectivity index (χ0n) is 15.2. The van der Waals surface area contributed by atoms with Gasteiger partial charge in [-0.1, -0.05) is 58.0 Å². The number of nitrogens with zero attached hydrogens (tertiary/aromatic N) is 2. The predicted octanol–water partition coefficient (Wildman–Crippen LogP) is 3.21. The van der Waals surface area contributed by atoms with Crippen molar-refractivity contribution in [2.24, 2.45) is 0 Å². The third kappa shape index (κ3) is 3.25. The van der Waals surface area contributed by atoms with Gasteiger partial charge >= 0.3 is 11.9 Å². The summed E-state index contributed by atoms with van der Waals surface area (Å²) < 4.78 is 3.22. The van der Waals surface area contributed by atoms with E-state index in [0.29, 0.717) is 16.5 Å². The Morgan fingerprint density at radius 3 is 2.33 bits per heavy atom. The highest BCUT2D eigenvalue weighted by atomic mass is 16.3. The minimum atomic E-state index is -0.0815. The second-order valence-electron chi connectivity index (χ2n) is 7.18. The molecule has 138 valence electrons. The van der Waals surface area contributed by atoms with Crippen molar-refractivity contribution in [3.63, 3.8) is 0 Å². The Kier molecular flexibility index (Phi) is 4.75. The largest absolute Gasteiger partial charge is 0.632 e. The molecule has 0 amide bonds. The average Bonchev–Trinajstić information content (AvgIpc) is 2.72. The van der Waals surface area contributed by atoms with Gasteiger partial charge in [0, 0.05) is 24.5 Å². The molecule has 5 heteroatoms. The molecule has 27 heavy (non-hydrogen) atoms. The summed E-state index contributed by atoms with van der Waals surface area (Å²) in [5.74, 6) is -0.0136. The van der Waals surface area contributed by atoms with Crippen LogP contribution in [0.25, 0.3) is 10.9 Å². The number of fused-ring (bicyclic) bond motifs is 1. The highest BCUT2D eigenvalue weighted by Crippen LogP contribution is 2.29. The fourth-order valence-corrected chi connectivity index (χ4v) is 4.05. The van der Waals surface area contributed by atoms with E-state index in [-0.39, 0.29) is 30.3 Å². The summed E-state index contributed by atoms with van der Waals surface area (Å²) in [6.45, 7) is 0.0172. The number of para-hydroxylation sites is 1. The number of ketones is 1. The van der Waals surface area contributed by atoms with Crippen molar-refractivity contribution in [3.05, 3.63) is 60.2 Å². The standard InChI is InChI=1S/C22H22N2O3/c25-20(16-9-3-1-4-10-16)15-23-19-14-8-7-13-18(19)21(26)24(22(23)27)17-11-5-2-6-12-17/h1,3-4,7-10,13-14,17H,2,5-6,11-12,15H2/p+2. The summed E-state index contributed by atoms with van der Waals surface area (Å²) in [5, 5.41) is 22.5. The van der Waals surface area contributed by atoms with Crippen molar-refractivity contribution in [1.82, 2.24) is 0 Å². The third-order valence-electron chi connectivity index (χ3n) is 5.46. The maximum Gasteiger partial charge on any atom is 0.632 e. The highest BCUT2D eigenvalue weighted by Gasteiger charge is 2.39. The van der Waals surface area contributed by atoms with E-state index < -0.39 is 0 Å². The van der Waals surface area contributed by atoms with Gasteiger partial charge in [0.15, 0.2) is 11.4 Å². The topological polar surface area (TPSA) is 65.3 Å². The lowest BCUT2D eigenvalue weighted by Gasteiger charge is -2.17. The molecule has 2 aromatic carbocycles. The van der Waals surface area contributed by atoms with Crippen LogP contribution in [0.5, 0.6) is 11.9 Å². The van der Waals surface area contributed by atoms with Crippen LogP contribution in [-0.2, 0) is 6.54 Å². The Hall–Kier alpha value is -2.95. The maximum atomic E-state index is 12.8. The second kappa shape index (κ2) is 7.35. The summed E-state index contributed by atoms with van der Waals surface area (Å²) in [5.41, 5.74) is 1.25. The molecule has 0 radical (unpaired) electrons. The molecule has 1 saturated carbocycles. The van der Waals surface area contributed by atoms with Gasteiger partial charge in [-0.05, 0) is 18.9 Å². The van der Waals surface area contributed by atoms with E-state index in [9.17, 15) is 15.0 Å². The van der Waals surface area contributed by atoms with E-state index in [2.05, 4.69) is 0 Å². The molecule has 0 unspecified atom stereocenters. The molecule has 1 aliphatic rings. The van der Waals surface area contributed by atoms with Gasteiger partial charge < -0.3 is 10.2 Å². The Balaban J connectivity index is 1.84. The van der Waals surface area contributed by atoms with E-state index in [0.717, 1.165) is 25.7 Å². The van der Waals surface area contributed by atoms with Crippen molar-refractivity contribution < 1.29 is 24.1 Å². The van der Waals surface area contributed by atoms with Crippen LogP contribution < -0.4 is 9.13 Å². The van der Waals surface area contributed by atoms with Crippen LogP contribution in [-0.4, -0.2) is 16.0 Å². The molecule has 0 saturated heterocycles. The molecular formula is C22H24N2O3+2. The first-order valence-electron chi connectivity index (χ1n) is 9.53. The first-order valence-corrected chi connectivity index (χ1v) is 9.53. The summed E-state index contributed by atoms with van der Waals surface area (Å²) >= 11 is 0. The molecule has 0 bridgehead atoms. The van der Waals surface area contributed by atoms with Crippen LogP contribution in [0.15, 0.2) is 54.6 Å². The number of carbonyl (C=O) groups excluding carboxylic acids is 1. The fourth-order valence-electron chi connectivity index (χ4n) is 4.05. The number of aromatic hydroxyl groups is 2. The van der Waals surface area contributed by atoms with Crippen LogP contribution in [0.4, 0.5) is 0 Å². The van der Waals surface area contributed by atoms with Gasteiger partial charge in [0.2, 0.25) is 17.8 Å². The van der Waals surface area contributed by atoms with Crippen LogP contribution in [0, 0.1) is 0 Å². The molecule has 0 atom stereocenters. The van der Waals surface area contributed by atoms with Crippen LogP contribution in [0.2, 0.25) is 0 Å². The molecule has 1 aliphatic carbocycles. The molecule has 0 aliphatic heterocycles. The molecule has 2 N–H and O–H groups in total. The third-order valence-corrected chi connectivity index (χ3v) is 5.46. The van der Waals surface area contributed by atoms with Crippen molar-refractivity contribution in [3.8, 4) is 11.9 Å². The summed E-state index contributed by atoms with van der Waals surface area (Å²) in [4.78, 5) is 12.8. The molecule has 1 heterocycles. The van der Waals surface area contributed by atoms with Gasteiger partial charge in [-0.3, -0.25) is 4.79 Å². The van der Waals surface area contributed by atoms with Crippen LogP contribution in [0.1, 0.15) is 48.5 Å². The van der Waals surface area contributed by atoms with Gasteiger partial charge in [0.1, 0.15) is 0 Å². The van der Waals surface area contributed by atoms with Crippen LogP contribution >= 0.6 is 0 Å². The molecule has 4 rings (SSSR count). The van der Waals surface area contributed by atoms with E-state index in [1.807, 2.05) is 42.5 Å². The molecular weight excluding hydrogens is 340 g/mol. The molecule has 1 fully saturated rings. The number of hydrogen-bond donors (Lipinski definition) is 2. The summed E-state index contributed by atoms with van der Waals surface area (Å²) in [6.07, 6.45) is 5.16. The first kappa shape index (κ1) is 17.5. The molecule has 1 aromatic heterocycles.